The Morgan fingerprint density at radius 3 is 2.29 bits per heavy atom. The third kappa shape index (κ3) is 4.63. The summed E-state index contributed by atoms with van der Waals surface area (Å²) in [7, 11) is 0. The number of carbonyl (C=O) groups is 2. The second kappa shape index (κ2) is 9.26. The normalized spacial score (nSPS) is 13.9. The molecule has 1 saturated heterocycles. The van der Waals surface area contributed by atoms with E-state index in [0.717, 1.165) is 17.8 Å². The third-order valence-corrected chi connectivity index (χ3v) is 4.92. The third-order valence-electron chi connectivity index (χ3n) is 4.92. The fourth-order valence-electron chi connectivity index (χ4n) is 3.31. The maximum atomic E-state index is 12.5. The summed E-state index contributed by atoms with van der Waals surface area (Å²) in [6.45, 7) is 6.77. The number of benzene rings is 2. The Labute approximate surface area is 166 Å². The van der Waals surface area contributed by atoms with Crippen molar-refractivity contribution in [2.24, 2.45) is 0 Å². The van der Waals surface area contributed by atoms with Crippen molar-refractivity contribution in [3.63, 3.8) is 0 Å². The molecule has 1 N–H and O–H groups in total. The van der Waals surface area contributed by atoms with Crippen LogP contribution in [0.3, 0.4) is 0 Å². The second-order valence-corrected chi connectivity index (χ2v) is 6.69. The van der Waals surface area contributed by atoms with Crippen LogP contribution in [0, 0.1) is 0 Å². The average Bonchev–Trinajstić information content (AvgIpc) is 2.74. The predicted octanol–water partition coefficient (Wildman–Crippen LogP) is 3.78. The molecule has 6 nitrogen and oxygen atoms in total. The molecular weight excluding hydrogens is 354 g/mol. The van der Waals surface area contributed by atoms with Gasteiger partial charge in [-0.1, -0.05) is 31.2 Å². The van der Waals surface area contributed by atoms with Gasteiger partial charge in [0.2, 0.25) is 0 Å². The Morgan fingerprint density at radius 1 is 0.964 bits per heavy atom. The van der Waals surface area contributed by atoms with Crippen LogP contribution < -0.4 is 10.2 Å². The second-order valence-electron chi connectivity index (χ2n) is 6.69. The molecule has 2 aromatic carbocycles. The molecule has 2 aromatic rings. The Kier molecular flexibility index (Phi) is 6.53. The molecule has 6 heteroatoms. The first-order chi connectivity index (χ1) is 13.6. The Hall–Kier alpha value is -3.02. The number of urea groups is 1. The van der Waals surface area contributed by atoms with E-state index >= 15 is 0 Å². The lowest BCUT2D eigenvalue weighted by Crippen LogP contribution is -2.50. The zero-order chi connectivity index (χ0) is 19.9. The summed E-state index contributed by atoms with van der Waals surface area (Å²) in [5, 5.41) is 2.96. The first kappa shape index (κ1) is 19.7. The number of hydrogen-bond donors (Lipinski definition) is 1. The minimum Gasteiger partial charge on any atom is -0.462 e. The van der Waals surface area contributed by atoms with Crippen molar-refractivity contribution < 1.29 is 14.3 Å². The van der Waals surface area contributed by atoms with E-state index < -0.39 is 0 Å². The van der Waals surface area contributed by atoms with Crippen LogP contribution in [0.2, 0.25) is 0 Å². The number of esters is 1. The maximum Gasteiger partial charge on any atom is 0.340 e. The van der Waals surface area contributed by atoms with Gasteiger partial charge in [-0.15, -0.1) is 0 Å². The molecule has 0 spiro atoms. The molecule has 148 valence electrons. The molecule has 1 fully saturated rings. The SMILES string of the molecule is CCOC(=O)c1ccccc1N1CCN(C(=O)Nc2ccc(CC)cc2)CC1. The molecule has 1 aliphatic rings. The van der Waals surface area contributed by atoms with Crippen molar-refractivity contribution in [1.29, 1.82) is 0 Å². The molecule has 0 bridgehead atoms. The van der Waals surface area contributed by atoms with E-state index in [1.165, 1.54) is 5.56 Å². The Bertz CT molecular complexity index is 812. The van der Waals surface area contributed by atoms with Crippen LogP contribution in [-0.2, 0) is 11.2 Å². The highest BCUT2D eigenvalue weighted by Gasteiger charge is 2.24. The van der Waals surface area contributed by atoms with Crippen LogP contribution >= 0.6 is 0 Å². The molecule has 0 unspecified atom stereocenters. The first-order valence-electron chi connectivity index (χ1n) is 9.78. The van der Waals surface area contributed by atoms with Gasteiger partial charge in [-0.2, -0.15) is 0 Å². The van der Waals surface area contributed by atoms with Gasteiger partial charge in [0.15, 0.2) is 0 Å². The van der Waals surface area contributed by atoms with Gasteiger partial charge in [0.25, 0.3) is 0 Å². The van der Waals surface area contributed by atoms with Crippen LogP contribution in [0.25, 0.3) is 0 Å². The van der Waals surface area contributed by atoms with Gasteiger partial charge in [-0.05, 0) is 43.2 Å². The highest BCUT2D eigenvalue weighted by Crippen LogP contribution is 2.23. The van der Waals surface area contributed by atoms with Crippen molar-refractivity contribution in [2.75, 3.05) is 43.0 Å². The first-order valence-corrected chi connectivity index (χ1v) is 9.78. The molecule has 2 amide bonds. The highest BCUT2D eigenvalue weighted by molar-refractivity contribution is 5.96. The average molecular weight is 381 g/mol. The van der Waals surface area contributed by atoms with Crippen LogP contribution in [0.4, 0.5) is 16.2 Å². The number of carbonyl (C=O) groups excluding carboxylic acids is 2. The number of rotatable bonds is 5. The molecule has 28 heavy (non-hydrogen) atoms. The predicted molar refractivity (Wildman–Crippen MR) is 111 cm³/mol. The summed E-state index contributed by atoms with van der Waals surface area (Å²) in [5.74, 6) is -0.311. The van der Waals surface area contributed by atoms with Gasteiger partial charge in [0.05, 0.1) is 17.9 Å². The lowest BCUT2D eigenvalue weighted by molar-refractivity contribution is 0.0527. The Morgan fingerprint density at radius 2 is 1.64 bits per heavy atom. The van der Waals surface area contributed by atoms with Crippen LogP contribution in [0.5, 0.6) is 0 Å². The number of aryl methyl sites for hydroxylation is 1. The molecule has 1 aliphatic heterocycles. The van der Waals surface area contributed by atoms with Gasteiger partial charge < -0.3 is 19.9 Å². The molecule has 0 atom stereocenters. The quantitative estimate of drug-likeness (QED) is 0.801. The molecule has 0 saturated carbocycles. The van der Waals surface area contributed by atoms with E-state index in [0.29, 0.717) is 38.3 Å². The number of nitrogens with zero attached hydrogens (tertiary/aromatic N) is 2. The molecule has 0 radical (unpaired) electrons. The van der Waals surface area contributed by atoms with Crippen LogP contribution in [-0.4, -0.2) is 49.7 Å². The minimum absolute atomic E-state index is 0.0948. The van der Waals surface area contributed by atoms with Crippen LogP contribution in [0.1, 0.15) is 29.8 Å². The standard InChI is InChI=1S/C22H27N3O3/c1-3-17-9-11-18(12-10-17)23-22(27)25-15-13-24(14-16-25)20-8-6-5-7-19(20)21(26)28-4-2/h5-12H,3-4,13-16H2,1-2H3,(H,23,27). The number of para-hydroxylation sites is 1. The van der Waals surface area contributed by atoms with Crippen molar-refractivity contribution in [2.45, 2.75) is 20.3 Å². The highest BCUT2D eigenvalue weighted by atomic mass is 16.5. The largest absolute Gasteiger partial charge is 0.462 e. The maximum absolute atomic E-state index is 12.5. The topological polar surface area (TPSA) is 61.9 Å². The molecule has 3 rings (SSSR count). The van der Waals surface area contributed by atoms with Gasteiger partial charge in [0.1, 0.15) is 0 Å². The summed E-state index contributed by atoms with van der Waals surface area (Å²) >= 11 is 0. The van der Waals surface area contributed by atoms with E-state index in [9.17, 15) is 9.59 Å². The number of amides is 2. The van der Waals surface area contributed by atoms with E-state index in [-0.39, 0.29) is 12.0 Å². The lowest BCUT2D eigenvalue weighted by atomic mass is 10.1. The number of hydrogen-bond acceptors (Lipinski definition) is 4. The molecule has 0 aromatic heterocycles. The van der Waals surface area contributed by atoms with Gasteiger partial charge in [-0.3, -0.25) is 0 Å². The fourth-order valence-corrected chi connectivity index (χ4v) is 3.31. The number of anilines is 2. The Balaban J connectivity index is 1.60. The van der Waals surface area contributed by atoms with Crippen molar-refractivity contribution in [3.8, 4) is 0 Å². The monoisotopic (exact) mass is 381 g/mol. The van der Waals surface area contributed by atoms with Crippen molar-refractivity contribution in [3.05, 3.63) is 59.7 Å². The number of nitrogens with one attached hydrogen (secondary N) is 1. The lowest BCUT2D eigenvalue weighted by Gasteiger charge is -2.36. The van der Waals surface area contributed by atoms with E-state index in [2.05, 4.69) is 17.1 Å². The van der Waals surface area contributed by atoms with E-state index in [1.54, 1.807) is 17.9 Å². The van der Waals surface area contributed by atoms with Crippen molar-refractivity contribution in [1.82, 2.24) is 4.90 Å². The van der Waals surface area contributed by atoms with Crippen LogP contribution in [0.15, 0.2) is 48.5 Å². The zero-order valence-electron chi connectivity index (χ0n) is 16.5. The molecule has 1 heterocycles. The number of piperazine rings is 1. The fraction of sp³-hybridized carbons (Fsp3) is 0.364. The minimum atomic E-state index is -0.311. The van der Waals surface area contributed by atoms with Gasteiger partial charge >= 0.3 is 12.0 Å². The van der Waals surface area contributed by atoms with E-state index in [1.807, 2.05) is 42.5 Å². The molecular formula is C22H27N3O3. The summed E-state index contributed by atoms with van der Waals surface area (Å²) in [6.07, 6.45) is 0.976. The molecule has 0 aliphatic carbocycles. The smallest absolute Gasteiger partial charge is 0.340 e. The summed E-state index contributed by atoms with van der Waals surface area (Å²) in [5.41, 5.74) is 3.47. The van der Waals surface area contributed by atoms with Gasteiger partial charge in [-0.25, -0.2) is 9.59 Å². The summed E-state index contributed by atoms with van der Waals surface area (Å²) in [4.78, 5) is 28.7. The summed E-state index contributed by atoms with van der Waals surface area (Å²) < 4.78 is 5.16. The van der Waals surface area contributed by atoms with Gasteiger partial charge in [0, 0.05) is 31.9 Å². The van der Waals surface area contributed by atoms with E-state index in [4.69, 9.17) is 4.74 Å². The number of ether oxygens (including phenoxy) is 1. The van der Waals surface area contributed by atoms with Crippen molar-refractivity contribution >= 4 is 23.4 Å². The summed E-state index contributed by atoms with van der Waals surface area (Å²) in [6, 6.07) is 15.3. The zero-order valence-corrected chi connectivity index (χ0v) is 16.5.